The molecule has 0 N–H and O–H groups in total. The minimum atomic E-state index is -0.0652. The molecule has 4 saturated carbocycles. The summed E-state index contributed by atoms with van der Waals surface area (Å²) in [6.45, 7) is 0. The van der Waals surface area contributed by atoms with E-state index in [2.05, 4.69) is 10.2 Å². The summed E-state index contributed by atoms with van der Waals surface area (Å²) in [7, 11) is 3.23. The lowest BCUT2D eigenvalue weighted by Crippen LogP contribution is -2.50. The Morgan fingerprint density at radius 1 is 1.07 bits per heavy atom. The van der Waals surface area contributed by atoms with Crippen LogP contribution in [0, 0.1) is 23.2 Å². The number of ketones is 1. The third-order valence-electron chi connectivity index (χ3n) is 7.21. The fraction of sp³-hybridized carbons (Fsp3) is 0.609. The van der Waals surface area contributed by atoms with Crippen LogP contribution in [0.2, 0.25) is 0 Å². The lowest BCUT2D eigenvalue weighted by Gasteiger charge is -2.55. The van der Waals surface area contributed by atoms with Gasteiger partial charge in [0.2, 0.25) is 5.89 Å². The summed E-state index contributed by atoms with van der Waals surface area (Å²) in [4.78, 5) is 13.2. The first kappa shape index (κ1) is 19.9. The lowest BCUT2D eigenvalue weighted by molar-refractivity contribution is -0.141. The smallest absolute Gasteiger partial charge is 0.277 e. The number of thioether (sulfide) groups is 1. The van der Waals surface area contributed by atoms with Crippen molar-refractivity contribution < 1.29 is 18.7 Å². The molecule has 6 nitrogen and oxygen atoms in total. The Hall–Kier alpha value is -2.02. The molecule has 6 rings (SSSR count). The average Bonchev–Trinajstić information content (AvgIpc) is 3.18. The summed E-state index contributed by atoms with van der Waals surface area (Å²) in [5.41, 5.74) is 0.932. The van der Waals surface area contributed by atoms with Gasteiger partial charge in [-0.05, 0) is 74.0 Å². The topological polar surface area (TPSA) is 74.5 Å². The van der Waals surface area contributed by atoms with Crippen molar-refractivity contribution in [3.8, 4) is 11.5 Å². The largest absolute Gasteiger partial charge is 0.493 e. The second kappa shape index (κ2) is 7.91. The highest BCUT2D eigenvalue weighted by Crippen LogP contribution is 2.60. The molecule has 0 spiro atoms. The van der Waals surface area contributed by atoms with E-state index in [4.69, 9.17) is 13.9 Å². The molecule has 4 fully saturated rings. The van der Waals surface area contributed by atoms with Crippen LogP contribution >= 0.6 is 11.8 Å². The number of carbonyl (C=O) groups is 1. The monoisotopic (exact) mass is 428 g/mol. The summed E-state index contributed by atoms with van der Waals surface area (Å²) in [6.07, 6.45) is 7.87. The number of methoxy groups -OCH3 is 2. The molecule has 0 saturated heterocycles. The van der Waals surface area contributed by atoms with Gasteiger partial charge in [0.05, 0.1) is 26.4 Å². The van der Waals surface area contributed by atoms with E-state index in [0.717, 1.165) is 42.6 Å². The number of carbonyl (C=O) groups excluding carboxylic acids is 1. The zero-order chi connectivity index (χ0) is 20.7. The summed E-state index contributed by atoms with van der Waals surface area (Å²) in [5.74, 6) is 5.06. The molecule has 0 atom stereocenters. The standard InChI is InChI=1S/C23H28N2O4S/c1-27-18-4-3-14(8-19(18)28-2)9-21-24-25-22(29-21)30-13-20(26)23-10-15-5-16(11-23)7-17(6-15)12-23/h3-4,8,15-17H,5-7,9-13H2,1-2H3. The number of hydrogen-bond acceptors (Lipinski definition) is 7. The molecule has 1 heterocycles. The van der Waals surface area contributed by atoms with E-state index in [1.54, 1.807) is 14.2 Å². The van der Waals surface area contributed by atoms with Crippen LogP contribution in [0.5, 0.6) is 11.5 Å². The fourth-order valence-electron chi connectivity index (χ4n) is 6.27. The first-order valence-corrected chi connectivity index (χ1v) is 11.7. The SMILES string of the molecule is COc1ccc(Cc2nnc(SCC(=O)C34CC5CC(CC(C5)C3)C4)o2)cc1OC. The number of hydrogen-bond donors (Lipinski definition) is 0. The van der Waals surface area contributed by atoms with Gasteiger partial charge in [-0.3, -0.25) is 4.79 Å². The number of ether oxygens (including phenoxy) is 2. The van der Waals surface area contributed by atoms with E-state index in [0.29, 0.717) is 40.6 Å². The first-order chi connectivity index (χ1) is 14.6. The fourth-order valence-corrected chi connectivity index (χ4v) is 7.08. The predicted octanol–water partition coefficient (Wildman–Crippen LogP) is 4.56. The van der Waals surface area contributed by atoms with Crippen molar-refractivity contribution in [3.05, 3.63) is 29.7 Å². The Bertz CT molecular complexity index is 906. The van der Waals surface area contributed by atoms with Crippen LogP contribution in [0.25, 0.3) is 0 Å². The minimum Gasteiger partial charge on any atom is -0.493 e. The molecule has 30 heavy (non-hydrogen) atoms. The van der Waals surface area contributed by atoms with E-state index in [1.807, 2.05) is 18.2 Å². The molecule has 4 aliphatic rings. The van der Waals surface area contributed by atoms with Crippen molar-refractivity contribution in [2.75, 3.05) is 20.0 Å². The van der Waals surface area contributed by atoms with E-state index < -0.39 is 0 Å². The maximum Gasteiger partial charge on any atom is 0.277 e. The van der Waals surface area contributed by atoms with E-state index in [-0.39, 0.29) is 5.41 Å². The maximum absolute atomic E-state index is 13.2. The Morgan fingerprint density at radius 3 is 2.37 bits per heavy atom. The van der Waals surface area contributed by atoms with Crippen molar-refractivity contribution >= 4 is 17.5 Å². The van der Waals surface area contributed by atoms with Crippen molar-refractivity contribution in [2.24, 2.45) is 23.2 Å². The normalized spacial score (nSPS) is 29.2. The first-order valence-electron chi connectivity index (χ1n) is 10.8. The van der Waals surface area contributed by atoms with Crippen molar-refractivity contribution in [1.82, 2.24) is 10.2 Å². The molecular weight excluding hydrogens is 400 g/mol. The Morgan fingerprint density at radius 2 is 1.73 bits per heavy atom. The van der Waals surface area contributed by atoms with Crippen molar-refractivity contribution in [3.63, 3.8) is 0 Å². The van der Waals surface area contributed by atoms with Gasteiger partial charge in [-0.1, -0.05) is 17.8 Å². The third kappa shape index (κ3) is 3.72. The number of aromatic nitrogens is 2. The second-order valence-electron chi connectivity index (χ2n) is 9.24. The molecule has 2 aromatic rings. The minimum absolute atomic E-state index is 0.0652. The van der Waals surface area contributed by atoms with Gasteiger partial charge in [0, 0.05) is 5.41 Å². The zero-order valence-electron chi connectivity index (χ0n) is 17.6. The molecule has 0 radical (unpaired) electrons. The van der Waals surface area contributed by atoms with Gasteiger partial charge in [0.15, 0.2) is 11.5 Å². The van der Waals surface area contributed by atoms with Gasteiger partial charge in [0.1, 0.15) is 5.78 Å². The third-order valence-corrected chi connectivity index (χ3v) is 8.03. The average molecular weight is 429 g/mol. The van der Waals surface area contributed by atoms with Gasteiger partial charge in [-0.25, -0.2) is 0 Å². The van der Waals surface area contributed by atoms with Crippen LogP contribution in [-0.2, 0) is 11.2 Å². The van der Waals surface area contributed by atoms with Gasteiger partial charge in [-0.2, -0.15) is 0 Å². The van der Waals surface area contributed by atoms with Gasteiger partial charge in [-0.15, -0.1) is 10.2 Å². The van der Waals surface area contributed by atoms with E-state index in [9.17, 15) is 4.79 Å². The maximum atomic E-state index is 13.2. The molecule has 4 bridgehead atoms. The summed E-state index contributed by atoms with van der Waals surface area (Å²) in [6, 6.07) is 5.73. The summed E-state index contributed by atoms with van der Waals surface area (Å²) >= 11 is 1.39. The highest BCUT2D eigenvalue weighted by atomic mass is 32.2. The van der Waals surface area contributed by atoms with Gasteiger partial charge >= 0.3 is 0 Å². The van der Waals surface area contributed by atoms with Crippen LogP contribution < -0.4 is 9.47 Å². The van der Waals surface area contributed by atoms with Crippen molar-refractivity contribution in [2.45, 2.75) is 50.2 Å². The van der Waals surface area contributed by atoms with Crippen LogP contribution in [0.3, 0.4) is 0 Å². The molecule has 4 aliphatic carbocycles. The molecule has 0 unspecified atom stereocenters. The Labute approximate surface area is 181 Å². The highest BCUT2D eigenvalue weighted by Gasteiger charge is 2.54. The predicted molar refractivity (Wildman–Crippen MR) is 113 cm³/mol. The Kier molecular flexibility index (Phi) is 5.25. The lowest BCUT2D eigenvalue weighted by atomic mass is 9.48. The molecule has 0 aliphatic heterocycles. The van der Waals surface area contributed by atoms with Crippen LogP contribution in [0.15, 0.2) is 27.8 Å². The van der Waals surface area contributed by atoms with Gasteiger partial charge < -0.3 is 13.9 Å². The van der Waals surface area contributed by atoms with E-state index >= 15 is 0 Å². The highest BCUT2D eigenvalue weighted by molar-refractivity contribution is 7.99. The molecule has 160 valence electrons. The number of benzene rings is 1. The van der Waals surface area contributed by atoms with Gasteiger partial charge in [0.25, 0.3) is 5.22 Å². The molecule has 1 aromatic heterocycles. The van der Waals surface area contributed by atoms with Crippen LogP contribution in [0.1, 0.15) is 50.0 Å². The summed E-state index contributed by atoms with van der Waals surface area (Å²) < 4.78 is 16.4. The zero-order valence-corrected chi connectivity index (χ0v) is 18.4. The second-order valence-corrected chi connectivity index (χ2v) is 10.2. The number of Topliss-reactive ketones (excluding diaryl/α,β-unsaturated/α-hetero) is 1. The van der Waals surface area contributed by atoms with Crippen LogP contribution in [0.4, 0.5) is 0 Å². The molecule has 1 aromatic carbocycles. The van der Waals surface area contributed by atoms with Crippen molar-refractivity contribution in [1.29, 1.82) is 0 Å². The quantitative estimate of drug-likeness (QED) is 0.571. The van der Waals surface area contributed by atoms with E-state index in [1.165, 1.54) is 31.0 Å². The Balaban J connectivity index is 1.20. The van der Waals surface area contributed by atoms with Crippen LogP contribution in [-0.4, -0.2) is 36.0 Å². The molecule has 0 amide bonds. The summed E-state index contributed by atoms with van der Waals surface area (Å²) in [5, 5.41) is 8.78. The number of nitrogens with zero attached hydrogens (tertiary/aromatic N) is 2. The number of rotatable bonds is 8. The molecular formula is C23H28N2O4S. The molecule has 7 heteroatoms.